The molecule has 2 nitrogen and oxygen atoms in total. The number of hydrogen-bond donors (Lipinski definition) is 1. The van der Waals surface area contributed by atoms with Gasteiger partial charge in [0.15, 0.2) is 0 Å². The molecule has 2 N–H and O–H groups in total. The second kappa shape index (κ2) is 5.27. The van der Waals surface area contributed by atoms with Gasteiger partial charge in [0.05, 0.1) is 7.11 Å². The Labute approximate surface area is 108 Å². The number of nitrogens with two attached hydrogens (primary N) is 1. The molecule has 0 spiro atoms. The molecule has 1 aromatic rings. The highest BCUT2D eigenvalue weighted by molar-refractivity contribution is 5.32. The van der Waals surface area contributed by atoms with Gasteiger partial charge in [-0.15, -0.1) is 0 Å². The molecule has 1 unspecified atom stereocenters. The van der Waals surface area contributed by atoms with Crippen molar-refractivity contribution in [3.8, 4) is 5.75 Å². The van der Waals surface area contributed by atoms with Crippen molar-refractivity contribution >= 4 is 0 Å². The molecule has 0 amide bonds. The van der Waals surface area contributed by atoms with Crippen LogP contribution in [-0.2, 0) is 0 Å². The molecule has 1 aliphatic rings. The van der Waals surface area contributed by atoms with E-state index in [-0.39, 0.29) is 17.3 Å². The second-order valence-corrected chi connectivity index (χ2v) is 5.29. The average molecular weight is 251 g/mol. The summed E-state index contributed by atoms with van der Waals surface area (Å²) in [6.07, 6.45) is 5.64. The van der Waals surface area contributed by atoms with Crippen molar-refractivity contribution in [2.24, 2.45) is 11.1 Å². The lowest BCUT2D eigenvalue weighted by molar-refractivity contribution is 0.218. The molecule has 100 valence electrons. The lowest BCUT2D eigenvalue weighted by Gasteiger charge is -2.34. The summed E-state index contributed by atoms with van der Waals surface area (Å²) in [5.74, 6) is 0.294. The van der Waals surface area contributed by atoms with Gasteiger partial charge in [0.1, 0.15) is 11.6 Å². The fourth-order valence-corrected chi connectivity index (χ4v) is 3.18. The largest absolute Gasteiger partial charge is 0.497 e. The predicted octanol–water partition coefficient (Wildman–Crippen LogP) is 3.80. The van der Waals surface area contributed by atoms with E-state index in [1.807, 2.05) is 0 Å². The van der Waals surface area contributed by atoms with E-state index < -0.39 is 0 Å². The van der Waals surface area contributed by atoms with Crippen molar-refractivity contribution in [3.63, 3.8) is 0 Å². The molecule has 1 saturated carbocycles. The third kappa shape index (κ3) is 2.24. The molecule has 0 aromatic heterocycles. The van der Waals surface area contributed by atoms with Crippen LogP contribution in [0.15, 0.2) is 18.2 Å². The van der Waals surface area contributed by atoms with E-state index in [4.69, 9.17) is 10.5 Å². The number of ether oxygens (including phenoxy) is 1. The molecule has 0 saturated heterocycles. The molecule has 0 bridgehead atoms. The van der Waals surface area contributed by atoms with Crippen molar-refractivity contribution in [1.82, 2.24) is 0 Å². The van der Waals surface area contributed by atoms with Crippen molar-refractivity contribution in [3.05, 3.63) is 29.6 Å². The van der Waals surface area contributed by atoms with Crippen LogP contribution < -0.4 is 10.5 Å². The molecule has 18 heavy (non-hydrogen) atoms. The van der Waals surface area contributed by atoms with Crippen molar-refractivity contribution in [2.75, 3.05) is 7.11 Å². The highest BCUT2D eigenvalue weighted by Crippen LogP contribution is 2.49. The quantitative estimate of drug-likeness (QED) is 0.883. The van der Waals surface area contributed by atoms with Gasteiger partial charge in [-0.1, -0.05) is 25.8 Å². The van der Waals surface area contributed by atoms with Crippen LogP contribution in [0.5, 0.6) is 5.75 Å². The first-order chi connectivity index (χ1) is 8.63. The molecular formula is C15H22FNO. The van der Waals surface area contributed by atoms with Gasteiger partial charge < -0.3 is 10.5 Å². The van der Waals surface area contributed by atoms with Crippen LogP contribution >= 0.6 is 0 Å². The zero-order chi connectivity index (χ0) is 13.2. The summed E-state index contributed by atoms with van der Waals surface area (Å²) in [7, 11) is 1.54. The smallest absolute Gasteiger partial charge is 0.131 e. The highest BCUT2D eigenvalue weighted by atomic mass is 19.1. The molecule has 3 heteroatoms. The summed E-state index contributed by atoms with van der Waals surface area (Å²) in [4.78, 5) is 0. The van der Waals surface area contributed by atoms with Gasteiger partial charge in [-0.2, -0.15) is 0 Å². The maximum absolute atomic E-state index is 14.1. The number of benzene rings is 1. The summed E-state index contributed by atoms with van der Waals surface area (Å²) in [6.45, 7) is 2.16. The molecule has 1 aliphatic carbocycles. The minimum absolute atomic E-state index is 0.0788. The highest BCUT2D eigenvalue weighted by Gasteiger charge is 2.39. The lowest BCUT2D eigenvalue weighted by atomic mass is 9.74. The van der Waals surface area contributed by atoms with E-state index in [1.165, 1.54) is 18.9 Å². The standard InChI is InChI=1S/C15H22FNO/c1-3-15(8-4-5-9-15)14(17)12-7-6-11(18-2)10-13(12)16/h6-7,10,14H,3-5,8-9,17H2,1-2H3. The number of halogens is 1. The van der Waals surface area contributed by atoms with Gasteiger partial charge in [0, 0.05) is 17.7 Å². The van der Waals surface area contributed by atoms with Crippen LogP contribution in [0.1, 0.15) is 50.6 Å². The topological polar surface area (TPSA) is 35.2 Å². The minimum Gasteiger partial charge on any atom is -0.497 e. The van der Waals surface area contributed by atoms with Gasteiger partial charge in [0.25, 0.3) is 0 Å². The second-order valence-electron chi connectivity index (χ2n) is 5.29. The van der Waals surface area contributed by atoms with E-state index in [2.05, 4.69) is 6.92 Å². The number of hydrogen-bond acceptors (Lipinski definition) is 2. The summed E-state index contributed by atoms with van der Waals surface area (Å²) < 4.78 is 19.1. The molecule has 0 heterocycles. The number of methoxy groups -OCH3 is 1. The first-order valence-corrected chi connectivity index (χ1v) is 6.72. The molecule has 2 rings (SSSR count). The Morgan fingerprint density at radius 2 is 2.06 bits per heavy atom. The van der Waals surface area contributed by atoms with Crippen LogP contribution in [0, 0.1) is 11.2 Å². The summed E-state index contributed by atoms with van der Waals surface area (Å²) in [5, 5.41) is 0. The Morgan fingerprint density at radius 3 is 2.56 bits per heavy atom. The van der Waals surface area contributed by atoms with Crippen LogP contribution in [0.25, 0.3) is 0 Å². The predicted molar refractivity (Wildman–Crippen MR) is 71.1 cm³/mol. The van der Waals surface area contributed by atoms with Crippen molar-refractivity contribution in [2.45, 2.75) is 45.1 Å². The number of rotatable bonds is 4. The Hall–Kier alpha value is -1.09. The first-order valence-electron chi connectivity index (χ1n) is 6.72. The molecule has 1 atom stereocenters. The van der Waals surface area contributed by atoms with Crippen molar-refractivity contribution < 1.29 is 9.13 Å². The van der Waals surface area contributed by atoms with Crippen LogP contribution in [-0.4, -0.2) is 7.11 Å². The van der Waals surface area contributed by atoms with E-state index in [1.54, 1.807) is 19.2 Å². The van der Waals surface area contributed by atoms with Gasteiger partial charge in [-0.05, 0) is 30.7 Å². The van der Waals surface area contributed by atoms with Gasteiger partial charge in [-0.3, -0.25) is 0 Å². The zero-order valence-electron chi connectivity index (χ0n) is 11.2. The summed E-state index contributed by atoms with van der Waals surface area (Å²) in [5.41, 5.74) is 7.06. The Balaban J connectivity index is 2.30. The van der Waals surface area contributed by atoms with Crippen LogP contribution in [0.4, 0.5) is 4.39 Å². The SMILES string of the molecule is CCC1(C(N)c2ccc(OC)cc2F)CCCC1. The van der Waals surface area contributed by atoms with Gasteiger partial charge >= 0.3 is 0 Å². The summed E-state index contributed by atoms with van der Waals surface area (Å²) >= 11 is 0. The van der Waals surface area contributed by atoms with E-state index in [9.17, 15) is 4.39 Å². The minimum atomic E-state index is -0.249. The average Bonchev–Trinajstić information content (AvgIpc) is 2.87. The van der Waals surface area contributed by atoms with E-state index in [0.29, 0.717) is 11.3 Å². The maximum Gasteiger partial charge on any atom is 0.131 e. The third-order valence-electron chi connectivity index (χ3n) is 4.51. The first kappa shape index (κ1) is 13.3. The molecule has 0 radical (unpaired) electrons. The summed E-state index contributed by atoms with van der Waals surface area (Å²) in [6, 6.07) is 4.77. The van der Waals surface area contributed by atoms with Crippen LogP contribution in [0.3, 0.4) is 0 Å². The molecule has 0 aliphatic heterocycles. The third-order valence-corrected chi connectivity index (χ3v) is 4.51. The van der Waals surface area contributed by atoms with Crippen LogP contribution in [0.2, 0.25) is 0 Å². The fourth-order valence-electron chi connectivity index (χ4n) is 3.18. The monoisotopic (exact) mass is 251 g/mol. The Kier molecular flexibility index (Phi) is 3.91. The normalized spacial score (nSPS) is 19.8. The molecular weight excluding hydrogens is 229 g/mol. The Bertz CT molecular complexity index is 413. The van der Waals surface area contributed by atoms with Gasteiger partial charge in [-0.25, -0.2) is 4.39 Å². The molecule has 1 aromatic carbocycles. The van der Waals surface area contributed by atoms with Gasteiger partial charge in [0.2, 0.25) is 0 Å². The van der Waals surface area contributed by atoms with E-state index in [0.717, 1.165) is 19.3 Å². The van der Waals surface area contributed by atoms with E-state index >= 15 is 0 Å². The van der Waals surface area contributed by atoms with Crippen molar-refractivity contribution in [1.29, 1.82) is 0 Å². The zero-order valence-corrected chi connectivity index (χ0v) is 11.2. The maximum atomic E-state index is 14.1. The molecule has 1 fully saturated rings. The fraction of sp³-hybridized carbons (Fsp3) is 0.600. The lowest BCUT2D eigenvalue weighted by Crippen LogP contribution is -2.32. The Morgan fingerprint density at radius 1 is 1.39 bits per heavy atom.